The van der Waals surface area contributed by atoms with Crippen molar-refractivity contribution in [2.75, 3.05) is 13.1 Å². The first-order valence-electron chi connectivity index (χ1n) is 4.62. The molecule has 0 aliphatic carbocycles. The smallest absolute Gasteiger partial charge is 0.0792 e. The van der Waals surface area contributed by atoms with E-state index in [4.69, 9.17) is 0 Å². The minimum atomic E-state index is 0.641. The van der Waals surface area contributed by atoms with Gasteiger partial charge < -0.3 is 4.90 Å². The molecule has 0 aromatic carbocycles. The minimum Gasteiger partial charge on any atom is -0.362 e. The second-order valence-corrected chi connectivity index (χ2v) is 3.40. The summed E-state index contributed by atoms with van der Waals surface area (Å²) in [6, 6.07) is 0. The van der Waals surface area contributed by atoms with Crippen LogP contribution < -0.4 is 5.32 Å². The predicted octanol–water partition coefficient (Wildman–Crippen LogP) is 1.31. The Morgan fingerprint density at radius 2 is 2.27 bits per heavy atom. The van der Waals surface area contributed by atoms with Crippen LogP contribution in [0.4, 0.5) is 0 Å². The van der Waals surface area contributed by atoms with Crippen molar-refractivity contribution < 1.29 is 0 Å². The number of nitrogens with one attached hydrogen (secondary N) is 1. The monoisotopic (exact) mass is 152 g/mol. The van der Waals surface area contributed by atoms with E-state index >= 15 is 0 Å². The first-order valence-corrected chi connectivity index (χ1v) is 4.62. The van der Waals surface area contributed by atoms with Crippen molar-refractivity contribution in [2.24, 2.45) is 0 Å². The standard InChI is InChI=1S/C9H16N2/c1-2-5-9-10-6-4-8-11(9)7-3-1/h4,8-10H,1-3,5-7H2. The van der Waals surface area contributed by atoms with E-state index in [2.05, 4.69) is 22.5 Å². The molecule has 0 radical (unpaired) electrons. The molecule has 2 rings (SSSR count). The van der Waals surface area contributed by atoms with Crippen LogP contribution in [0.3, 0.4) is 0 Å². The Balaban J connectivity index is 2.02. The molecule has 0 spiro atoms. The second kappa shape index (κ2) is 3.26. The highest BCUT2D eigenvalue weighted by Crippen LogP contribution is 2.16. The summed E-state index contributed by atoms with van der Waals surface area (Å²) >= 11 is 0. The molecule has 2 heteroatoms. The average molecular weight is 152 g/mol. The molecule has 1 unspecified atom stereocenters. The Bertz CT molecular complexity index is 154. The van der Waals surface area contributed by atoms with Gasteiger partial charge in [0.1, 0.15) is 0 Å². The second-order valence-electron chi connectivity index (χ2n) is 3.40. The van der Waals surface area contributed by atoms with E-state index in [0.717, 1.165) is 6.54 Å². The first kappa shape index (κ1) is 7.17. The topological polar surface area (TPSA) is 15.3 Å². The third-order valence-corrected chi connectivity index (χ3v) is 2.56. The van der Waals surface area contributed by atoms with Crippen molar-refractivity contribution in [2.45, 2.75) is 31.8 Å². The molecule has 1 N–H and O–H groups in total. The van der Waals surface area contributed by atoms with E-state index in [9.17, 15) is 0 Å². The first-order chi connectivity index (χ1) is 5.47. The molecule has 11 heavy (non-hydrogen) atoms. The minimum absolute atomic E-state index is 0.641. The van der Waals surface area contributed by atoms with Crippen LogP contribution in [-0.2, 0) is 0 Å². The lowest BCUT2D eigenvalue weighted by Gasteiger charge is -2.32. The van der Waals surface area contributed by atoms with Gasteiger partial charge in [0.25, 0.3) is 0 Å². The zero-order valence-electron chi connectivity index (χ0n) is 6.92. The van der Waals surface area contributed by atoms with E-state index in [-0.39, 0.29) is 0 Å². The molecule has 62 valence electrons. The molecular formula is C9H16N2. The zero-order valence-corrected chi connectivity index (χ0v) is 6.92. The fourth-order valence-electron chi connectivity index (χ4n) is 1.92. The highest BCUT2D eigenvalue weighted by Gasteiger charge is 2.18. The van der Waals surface area contributed by atoms with Gasteiger partial charge in [0, 0.05) is 13.1 Å². The molecule has 0 amide bonds. The van der Waals surface area contributed by atoms with Crippen molar-refractivity contribution in [3.63, 3.8) is 0 Å². The predicted molar refractivity (Wildman–Crippen MR) is 46.1 cm³/mol. The third kappa shape index (κ3) is 1.56. The van der Waals surface area contributed by atoms with Crippen LogP contribution in [0, 0.1) is 0 Å². The van der Waals surface area contributed by atoms with E-state index in [1.54, 1.807) is 0 Å². The lowest BCUT2D eigenvalue weighted by molar-refractivity contribution is 0.229. The van der Waals surface area contributed by atoms with Crippen molar-refractivity contribution >= 4 is 0 Å². The Morgan fingerprint density at radius 1 is 1.27 bits per heavy atom. The number of rotatable bonds is 0. The molecule has 1 saturated heterocycles. The van der Waals surface area contributed by atoms with Gasteiger partial charge in [-0.1, -0.05) is 12.5 Å². The Labute approximate surface area is 68.3 Å². The van der Waals surface area contributed by atoms with Gasteiger partial charge in [0.05, 0.1) is 6.17 Å². The van der Waals surface area contributed by atoms with Crippen LogP contribution in [0.2, 0.25) is 0 Å². The van der Waals surface area contributed by atoms with Gasteiger partial charge in [-0.2, -0.15) is 0 Å². The van der Waals surface area contributed by atoms with Crippen LogP contribution in [0.1, 0.15) is 25.7 Å². The van der Waals surface area contributed by atoms with Gasteiger partial charge in [0.15, 0.2) is 0 Å². The summed E-state index contributed by atoms with van der Waals surface area (Å²) in [6.07, 6.45) is 10.6. The van der Waals surface area contributed by atoms with Gasteiger partial charge in [-0.3, -0.25) is 5.32 Å². The summed E-state index contributed by atoms with van der Waals surface area (Å²) in [5.41, 5.74) is 0. The van der Waals surface area contributed by atoms with Crippen molar-refractivity contribution in [1.29, 1.82) is 0 Å². The molecule has 2 nitrogen and oxygen atoms in total. The average Bonchev–Trinajstić information content (AvgIpc) is 2.28. The van der Waals surface area contributed by atoms with Crippen LogP contribution in [0.5, 0.6) is 0 Å². The SMILES string of the molecule is C1=CN2CCCCCC2NC1. The van der Waals surface area contributed by atoms with Gasteiger partial charge in [-0.25, -0.2) is 0 Å². The van der Waals surface area contributed by atoms with E-state index in [0.29, 0.717) is 6.17 Å². The number of fused-ring (bicyclic) bond motifs is 1. The summed E-state index contributed by atoms with van der Waals surface area (Å²) in [4.78, 5) is 2.44. The largest absolute Gasteiger partial charge is 0.362 e. The summed E-state index contributed by atoms with van der Waals surface area (Å²) in [7, 11) is 0. The quantitative estimate of drug-likeness (QED) is 0.563. The lowest BCUT2D eigenvalue weighted by atomic mass is 10.2. The number of hydrogen-bond acceptors (Lipinski definition) is 2. The molecule has 0 bridgehead atoms. The molecule has 0 aromatic rings. The Morgan fingerprint density at radius 3 is 3.27 bits per heavy atom. The fourth-order valence-corrected chi connectivity index (χ4v) is 1.92. The molecule has 1 fully saturated rings. The number of nitrogens with zero attached hydrogens (tertiary/aromatic N) is 1. The van der Waals surface area contributed by atoms with E-state index in [1.165, 1.54) is 32.2 Å². The third-order valence-electron chi connectivity index (χ3n) is 2.56. The van der Waals surface area contributed by atoms with Gasteiger partial charge in [-0.05, 0) is 25.5 Å². The maximum Gasteiger partial charge on any atom is 0.0792 e. The van der Waals surface area contributed by atoms with Gasteiger partial charge >= 0.3 is 0 Å². The lowest BCUT2D eigenvalue weighted by Crippen LogP contribution is -2.45. The molecule has 1 atom stereocenters. The van der Waals surface area contributed by atoms with E-state index in [1.807, 2.05) is 0 Å². The van der Waals surface area contributed by atoms with E-state index < -0.39 is 0 Å². The summed E-state index contributed by atoms with van der Waals surface area (Å²) in [5, 5.41) is 3.50. The summed E-state index contributed by atoms with van der Waals surface area (Å²) in [5.74, 6) is 0. The van der Waals surface area contributed by atoms with Crippen molar-refractivity contribution in [3.8, 4) is 0 Å². The molecule has 2 aliphatic heterocycles. The molecule has 2 heterocycles. The van der Waals surface area contributed by atoms with Crippen molar-refractivity contribution in [1.82, 2.24) is 10.2 Å². The van der Waals surface area contributed by atoms with Gasteiger partial charge in [-0.15, -0.1) is 0 Å². The van der Waals surface area contributed by atoms with Crippen LogP contribution in [0.25, 0.3) is 0 Å². The highest BCUT2D eigenvalue weighted by atomic mass is 15.3. The number of hydrogen-bond donors (Lipinski definition) is 1. The normalized spacial score (nSPS) is 31.3. The van der Waals surface area contributed by atoms with Crippen LogP contribution in [0.15, 0.2) is 12.3 Å². The molecular weight excluding hydrogens is 136 g/mol. The highest BCUT2D eigenvalue weighted by molar-refractivity contribution is 4.94. The Hall–Kier alpha value is -0.500. The van der Waals surface area contributed by atoms with Gasteiger partial charge in [0.2, 0.25) is 0 Å². The summed E-state index contributed by atoms with van der Waals surface area (Å²) < 4.78 is 0. The molecule has 0 aromatic heterocycles. The summed E-state index contributed by atoms with van der Waals surface area (Å²) in [6.45, 7) is 2.30. The maximum absolute atomic E-state index is 3.50. The Kier molecular flexibility index (Phi) is 2.13. The van der Waals surface area contributed by atoms with Crippen LogP contribution >= 0.6 is 0 Å². The maximum atomic E-state index is 3.50. The fraction of sp³-hybridized carbons (Fsp3) is 0.778. The van der Waals surface area contributed by atoms with Crippen molar-refractivity contribution in [3.05, 3.63) is 12.3 Å². The molecule has 2 aliphatic rings. The molecule has 0 saturated carbocycles. The zero-order chi connectivity index (χ0) is 7.52. The van der Waals surface area contributed by atoms with Crippen LogP contribution in [-0.4, -0.2) is 24.2 Å².